The van der Waals surface area contributed by atoms with E-state index in [-0.39, 0.29) is 62.1 Å². The first-order valence-corrected chi connectivity index (χ1v) is 1.64. The van der Waals surface area contributed by atoms with Gasteiger partial charge in [-0.05, 0) is 0 Å². The van der Waals surface area contributed by atoms with Crippen LogP contribution in [0.5, 0.6) is 0 Å². The minimum atomic E-state index is -1.75. The quantitative estimate of drug-likeness (QED) is 0.180. The van der Waals surface area contributed by atoms with Crippen LogP contribution in [0.3, 0.4) is 0 Å². The monoisotopic (exact) mass is 497 g/mol. The molecule has 0 aromatic heterocycles. The Morgan fingerprint density at radius 3 is 0.500 bits per heavy atom. The summed E-state index contributed by atoms with van der Waals surface area (Å²) in [5.74, 6) is 0. The molecule has 0 unspecified atom stereocenters. The van der Waals surface area contributed by atoms with Gasteiger partial charge in [0.2, 0.25) is 0 Å². The van der Waals surface area contributed by atoms with Crippen LogP contribution >= 0.6 is 0 Å². The van der Waals surface area contributed by atoms with Gasteiger partial charge in [-0.15, -0.1) is 0 Å². The van der Waals surface area contributed by atoms with Crippen LogP contribution in [0.2, 0.25) is 0 Å². The molecule has 0 heterocycles. The van der Waals surface area contributed by atoms with Crippen molar-refractivity contribution in [2.24, 2.45) is 0 Å². The van der Waals surface area contributed by atoms with E-state index in [0.717, 1.165) is 0 Å². The van der Waals surface area contributed by atoms with E-state index in [1.165, 1.54) is 0 Å². The summed E-state index contributed by atoms with van der Waals surface area (Å²) in [5, 5.41) is 44.2. The van der Waals surface area contributed by atoms with Crippen molar-refractivity contribution < 1.29 is 51.2 Å². The van der Waals surface area contributed by atoms with Crippen molar-refractivity contribution in [2.75, 3.05) is 0 Å². The van der Waals surface area contributed by atoms with Gasteiger partial charge >= 0.3 is 26.2 Å². The zero-order chi connectivity index (χ0) is 10.7. The summed E-state index contributed by atoms with van der Waals surface area (Å²) in [5.41, 5.74) is 0. The predicted molar refractivity (Wildman–Crippen MR) is 67.6 cm³/mol. The summed E-state index contributed by atoms with van der Waals surface area (Å²) >= 11 is 0. The molecule has 0 spiro atoms. The summed E-state index contributed by atoms with van der Waals surface area (Å²) in [6.45, 7) is 0. The first-order chi connectivity index (χ1) is 5.20. The topological polar surface area (TPSA) is 356 Å². The first-order valence-electron chi connectivity index (χ1n) is 1.64. The molecule has 0 aliphatic heterocycles. The second-order valence-electron chi connectivity index (χ2n) is 0.671. The van der Waals surface area contributed by atoms with Gasteiger partial charge in [-0.1, -0.05) is 0 Å². The van der Waals surface area contributed by atoms with E-state index in [2.05, 4.69) is 0 Å². The molecule has 0 atom stereocenters. The molecule has 0 aromatic carbocycles. The van der Waals surface area contributed by atoms with E-state index in [1.807, 2.05) is 0 Å². The number of hydrogen-bond acceptors (Lipinski definition) is 9. The molecule has 0 fully saturated rings. The Labute approximate surface area is 124 Å². The molecule has 0 amide bonds. The molecule has 18 heavy (non-hydrogen) atoms. The predicted octanol–water partition coefficient (Wildman–Crippen LogP) is -3.75. The van der Waals surface area contributed by atoms with Crippen molar-refractivity contribution in [3.05, 3.63) is 46.0 Å². The van der Waals surface area contributed by atoms with E-state index in [0.29, 0.717) is 0 Å². The maximum Gasteiger partial charge on any atom is 3.00 e. The summed E-state index contributed by atoms with van der Waals surface area (Å²) < 4.78 is 0. The normalized spacial score (nSPS) is 4.00. The van der Waals surface area contributed by atoms with Crippen molar-refractivity contribution in [2.45, 2.75) is 0 Å². The van der Waals surface area contributed by atoms with Crippen LogP contribution < -0.4 is 0 Å². The molecule has 0 aromatic rings. The van der Waals surface area contributed by atoms with E-state index in [4.69, 9.17) is 46.0 Å². The van der Waals surface area contributed by atoms with E-state index in [9.17, 15) is 0 Å². The number of hydrogen-bond donors (Lipinski definition) is 0. The molecule has 17 nitrogen and oxygen atoms in total. The molecule has 10 N–H and O–H groups in total. The van der Waals surface area contributed by atoms with E-state index >= 15 is 0 Å². The van der Waals surface area contributed by atoms with Crippen LogP contribution in [0.4, 0.5) is 0 Å². The maximum absolute atomic E-state index is 8.25. The van der Waals surface area contributed by atoms with Gasteiger partial charge in [0.15, 0.2) is 0 Å². The Morgan fingerprint density at radius 2 is 0.500 bits per heavy atom. The fourth-order valence-electron chi connectivity index (χ4n) is 0. The van der Waals surface area contributed by atoms with Gasteiger partial charge < -0.3 is 73.3 Å². The molecule has 126 valence electrons. The van der Waals surface area contributed by atoms with E-state index < -0.39 is 15.3 Å². The van der Waals surface area contributed by atoms with Crippen molar-refractivity contribution in [1.29, 1.82) is 0 Å². The molecule has 0 aliphatic rings. The van der Waals surface area contributed by atoms with Gasteiger partial charge in [0.1, 0.15) is 0 Å². The fourth-order valence-corrected chi connectivity index (χ4v) is 0. The summed E-state index contributed by atoms with van der Waals surface area (Å²) in [6.07, 6.45) is 0. The van der Waals surface area contributed by atoms with Crippen LogP contribution in [0.25, 0.3) is 0 Å². The van der Waals surface area contributed by atoms with Crippen molar-refractivity contribution >= 4 is 26.2 Å². The molecular weight excluding hydrogens is 475 g/mol. The second-order valence-corrected chi connectivity index (χ2v) is 0.671. The Bertz CT molecular complexity index is 134. The van der Waals surface area contributed by atoms with Gasteiger partial charge in [0.05, 0.1) is 15.3 Å². The molecular formula is H22BiN3O14. The van der Waals surface area contributed by atoms with Gasteiger partial charge in [-0.2, -0.15) is 0 Å². The van der Waals surface area contributed by atoms with Crippen molar-refractivity contribution in [3.63, 3.8) is 0 Å². The molecule has 0 saturated carbocycles. The van der Waals surface area contributed by atoms with Crippen LogP contribution in [0.1, 0.15) is 8.56 Å². The van der Waals surface area contributed by atoms with Gasteiger partial charge in [0.25, 0.3) is 0 Å². The second kappa shape index (κ2) is 58.8. The summed E-state index contributed by atoms with van der Waals surface area (Å²) in [7, 11) is 0. The first kappa shape index (κ1) is 71.7. The standard InChI is InChI=1S/Bi.3NO3.5H2O.6H2/c;3*2-1(3)4;;;;;;;;;;;/h;;;;5*1H2;6*1H/q+3;3*-1;;;;;;;;;;;. The van der Waals surface area contributed by atoms with Gasteiger partial charge in [0, 0.05) is 8.56 Å². The zero-order valence-electron chi connectivity index (χ0n) is 7.96. The Morgan fingerprint density at radius 1 is 0.500 bits per heavy atom. The van der Waals surface area contributed by atoms with Crippen LogP contribution in [0.15, 0.2) is 0 Å². The summed E-state index contributed by atoms with van der Waals surface area (Å²) in [4.78, 5) is 24.8. The Balaban J connectivity index is -0.00000000312. The van der Waals surface area contributed by atoms with Crippen LogP contribution in [-0.4, -0.2) is 68.8 Å². The fraction of sp³-hybridized carbons (Fsp3) is 0. The molecule has 0 bridgehead atoms. The zero-order valence-corrected chi connectivity index (χ0v) is 11.4. The third kappa shape index (κ3) is 855. The minimum Gasteiger partial charge on any atom is -0.412 e. The SMILES string of the molecule is O.O.O.O.O.O=[N+]([O-])[O-].O=[N+]([O-])[O-].O=[N+]([O-])[O-].[Bi+3].[HH].[HH].[HH].[HH].[HH].[HH]. The van der Waals surface area contributed by atoms with Gasteiger partial charge in [-0.3, -0.25) is 0 Å². The smallest absolute Gasteiger partial charge is 0.412 e. The Hall–Kier alpha value is -1.72. The average Bonchev–Trinajstić information content (AvgIpc) is 1.54. The molecule has 0 aliphatic carbocycles. The average molecular weight is 497 g/mol. The minimum absolute atomic E-state index is 0. The number of nitrogens with zero attached hydrogens (tertiary/aromatic N) is 3. The van der Waals surface area contributed by atoms with Crippen molar-refractivity contribution in [3.8, 4) is 0 Å². The molecule has 2 radical (unpaired) electrons. The Kier molecular flexibility index (Phi) is 234. The third-order valence-electron chi connectivity index (χ3n) is 0. The number of rotatable bonds is 0. The molecule has 0 rings (SSSR count). The van der Waals surface area contributed by atoms with Crippen LogP contribution in [0, 0.1) is 46.0 Å². The van der Waals surface area contributed by atoms with E-state index in [1.54, 1.807) is 0 Å². The summed E-state index contributed by atoms with van der Waals surface area (Å²) in [6, 6.07) is 0. The van der Waals surface area contributed by atoms with Crippen LogP contribution in [-0.2, 0) is 0 Å². The third-order valence-corrected chi connectivity index (χ3v) is 0. The largest absolute Gasteiger partial charge is 3.00 e. The van der Waals surface area contributed by atoms with Crippen molar-refractivity contribution in [1.82, 2.24) is 0 Å². The maximum atomic E-state index is 8.25. The molecule has 18 heteroatoms. The molecule has 0 saturated heterocycles. The van der Waals surface area contributed by atoms with Gasteiger partial charge in [-0.25, -0.2) is 0 Å².